The summed E-state index contributed by atoms with van der Waals surface area (Å²) in [7, 11) is 6.48. The van der Waals surface area contributed by atoms with E-state index in [1.165, 1.54) is 44.3 Å². The number of hydrogen-bond donors (Lipinski definition) is 0. The Morgan fingerprint density at radius 3 is 2.32 bits per heavy atom. The number of ether oxygens (including phenoxy) is 3. The third kappa shape index (κ3) is 5.37. The van der Waals surface area contributed by atoms with Gasteiger partial charge < -0.3 is 19.1 Å². The van der Waals surface area contributed by atoms with Gasteiger partial charge in [-0.15, -0.1) is 0 Å². The molecule has 3 aromatic rings. The van der Waals surface area contributed by atoms with E-state index in [2.05, 4.69) is 17.1 Å². The van der Waals surface area contributed by atoms with Gasteiger partial charge >= 0.3 is 0 Å². The summed E-state index contributed by atoms with van der Waals surface area (Å²) in [5, 5.41) is 1.13. The van der Waals surface area contributed by atoms with Gasteiger partial charge in [0.05, 0.1) is 26.2 Å². The number of methoxy groups -OCH3 is 3. The Kier molecular flexibility index (Phi) is 7.55. The minimum Gasteiger partial charge on any atom is -0.493 e. The summed E-state index contributed by atoms with van der Waals surface area (Å²) < 4.78 is 15.9. The first-order valence-electron chi connectivity index (χ1n) is 9.40. The number of anilines is 1. The van der Waals surface area contributed by atoms with Crippen LogP contribution in [0.2, 0.25) is 5.15 Å². The van der Waals surface area contributed by atoms with Crippen molar-refractivity contribution in [1.82, 2.24) is 4.98 Å². The van der Waals surface area contributed by atoms with Gasteiger partial charge in [0.2, 0.25) is 5.75 Å². The lowest BCUT2D eigenvalue weighted by molar-refractivity contribution is 0.104. The molecule has 0 spiro atoms. The van der Waals surface area contributed by atoms with Crippen molar-refractivity contribution >= 4 is 39.9 Å². The third-order valence-electron chi connectivity index (χ3n) is 4.52. The number of halogens is 1. The molecule has 0 saturated carbocycles. The van der Waals surface area contributed by atoms with Gasteiger partial charge in [0.15, 0.2) is 22.4 Å². The monoisotopic (exact) mass is 458 g/mol. The van der Waals surface area contributed by atoms with Gasteiger partial charge in [0.25, 0.3) is 0 Å². The molecule has 0 fully saturated rings. The number of allylic oxidation sites excluding steroid dienone is 1. The summed E-state index contributed by atoms with van der Waals surface area (Å²) in [6, 6.07) is 13.3. The molecule has 0 aliphatic rings. The number of ketones is 1. The molecule has 0 unspecified atom stereocenters. The van der Waals surface area contributed by atoms with Crippen molar-refractivity contribution in [2.45, 2.75) is 6.54 Å². The summed E-state index contributed by atoms with van der Waals surface area (Å²) in [5.41, 5.74) is 1.58. The second kappa shape index (κ2) is 10.3. The van der Waals surface area contributed by atoms with Gasteiger partial charge in [-0.3, -0.25) is 4.79 Å². The quantitative estimate of drug-likeness (QED) is 0.318. The normalized spacial score (nSPS) is 10.9. The Bertz CT molecular complexity index is 1060. The second-order valence-electron chi connectivity index (χ2n) is 6.60. The topological polar surface area (TPSA) is 60.9 Å². The van der Waals surface area contributed by atoms with Crippen molar-refractivity contribution in [3.05, 3.63) is 69.7 Å². The lowest BCUT2D eigenvalue weighted by Gasteiger charge is -2.15. The number of thiazole rings is 1. The largest absolute Gasteiger partial charge is 0.493 e. The van der Waals surface area contributed by atoms with Crippen molar-refractivity contribution in [3.8, 4) is 17.2 Å². The lowest BCUT2D eigenvalue weighted by Crippen LogP contribution is -2.15. The molecule has 3 rings (SSSR count). The van der Waals surface area contributed by atoms with Crippen LogP contribution in [0.4, 0.5) is 5.13 Å². The van der Waals surface area contributed by atoms with Gasteiger partial charge in [0.1, 0.15) is 5.15 Å². The second-order valence-corrected chi connectivity index (χ2v) is 7.97. The van der Waals surface area contributed by atoms with Gasteiger partial charge in [0, 0.05) is 19.2 Å². The molecule has 0 radical (unpaired) electrons. The van der Waals surface area contributed by atoms with E-state index in [-0.39, 0.29) is 5.78 Å². The number of carbonyl (C=O) groups is 1. The molecule has 0 atom stereocenters. The smallest absolute Gasteiger partial charge is 0.203 e. The number of nitrogens with zero attached hydrogens (tertiary/aromatic N) is 2. The molecular weight excluding hydrogens is 436 g/mol. The van der Waals surface area contributed by atoms with Crippen molar-refractivity contribution in [3.63, 3.8) is 0 Å². The number of carbonyl (C=O) groups excluding carboxylic acids is 1. The van der Waals surface area contributed by atoms with Gasteiger partial charge in [-0.1, -0.05) is 53.3 Å². The third-order valence-corrected chi connectivity index (χ3v) is 6.06. The fourth-order valence-corrected chi connectivity index (χ4v) is 4.09. The molecule has 2 aromatic carbocycles. The van der Waals surface area contributed by atoms with Gasteiger partial charge in [-0.2, -0.15) is 0 Å². The molecule has 0 saturated heterocycles. The van der Waals surface area contributed by atoms with E-state index in [9.17, 15) is 4.79 Å². The first kappa shape index (κ1) is 22.7. The zero-order chi connectivity index (χ0) is 22.4. The van der Waals surface area contributed by atoms with Crippen LogP contribution in [0, 0.1) is 0 Å². The van der Waals surface area contributed by atoms with E-state index in [4.69, 9.17) is 25.8 Å². The van der Waals surface area contributed by atoms with Crippen LogP contribution in [0.1, 0.15) is 20.8 Å². The fraction of sp³-hybridized carbons (Fsp3) is 0.217. The SMILES string of the molecule is COc1cc(C(=O)/C=C/c2sc(N(C)Cc3ccccc3)nc2Cl)cc(OC)c1OC. The number of hydrogen-bond acceptors (Lipinski definition) is 7. The van der Waals surface area contributed by atoms with Crippen molar-refractivity contribution in [2.24, 2.45) is 0 Å². The molecule has 0 bridgehead atoms. The van der Waals surface area contributed by atoms with Crippen LogP contribution < -0.4 is 19.1 Å². The zero-order valence-corrected chi connectivity index (χ0v) is 19.3. The van der Waals surface area contributed by atoms with E-state index in [0.717, 1.165) is 5.13 Å². The molecule has 0 N–H and O–H groups in total. The average molecular weight is 459 g/mol. The summed E-state index contributed by atoms with van der Waals surface area (Å²) in [6.07, 6.45) is 3.13. The maximum absolute atomic E-state index is 12.7. The van der Waals surface area contributed by atoms with Gasteiger partial charge in [-0.05, 0) is 29.8 Å². The summed E-state index contributed by atoms with van der Waals surface area (Å²) in [6.45, 7) is 0.707. The van der Waals surface area contributed by atoms with Crippen LogP contribution in [0.15, 0.2) is 48.5 Å². The maximum Gasteiger partial charge on any atom is 0.203 e. The molecular formula is C23H23ClN2O4S. The summed E-state index contributed by atoms with van der Waals surface area (Å²) in [5.74, 6) is 1.04. The molecule has 1 aromatic heterocycles. The minimum absolute atomic E-state index is 0.220. The fourth-order valence-electron chi connectivity index (χ4n) is 2.96. The van der Waals surface area contributed by atoms with Crippen molar-refractivity contribution in [1.29, 1.82) is 0 Å². The van der Waals surface area contributed by atoms with Crippen LogP contribution >= 0.6 is 22.9 Å². The molecule has 1 heterocycles. The lowest BCUT2D eigenvalue weighted by atomic mass is 10.1. The van der Waals surface area contributed by atoms with Crippen LogP contribution in [-0.2, 0) is 6.54 Å². The van der Waals surface area contributed by atoms with Crippen molar-refractivity contribution in [2.75, 3.05) is 33.3 Å². The Balaban J connectivity index is 1.78. The highest BCUT2D eigenvalue weighted by molar-refractivity contribution is 7.17. The van der Waals surface area contributed by atoms with E-state index in [1.54, 1.807) is 18.2 Å². The Labute approximate surface area is 190 Å². The number of benzene rings is 2. The molecule has 162 valence electrons. The number of rotatable bonds is 9. The Hall–Kier alpha value is -3.03. The van der Waals surface area contributed by atoms with E-state index < -0.39 is 0 Å². The molecule has 0 aliphatic heterocycles. The first-order valence-corrected chi connectivity index (χ1v) is 10.6. The molecule has 0 amide bonds. The standard InChI is InChI=1S/C23H23ClN2O4S/c1-26(14-15-8-6-5-7-9-15)23-25-22(24)20(31-23)11-10-17(27)16-12-18(28-2)21(30-4)19(13-16)29-3/h5-13H,14H2,1-4H3/b11-10+. The van der Waals surface area contributed by atoms with E-state index in [1.807, 2.05) is 30.1 Å². The summed E-state index contributed by atoms with van der Waals surface area (Å²) in [4.78, 5) is 19.9. The van der Waals surface area contributed by atoms with Crippen LogP contribution in [0.3, 0.4) is 0 Å². The predicted molar refractivity (Wildman–Crippen MR) is 125 cm³/mol. The zero-order valence-electron chi connectivity index (χ0n) is 17.7. The van der Waals surface area contributed by atoms with Gasteiger partial charge in [-0.25, -0.2) is 4.98 Å². The van der Waals surface area contributed by atoms with Crippen LogP contribution in [0.25, 0.3) is 6.08 Å². The summed E-state index contributed by atoms with van der Waals surface area (Å²) >= 11 is 7.73. The minimum atomic E-state index is -0.220. The Morgan fingerprint density at radius 2 is 1.74 bits per heavy atom. The molecule has 8 heteroatoms. The first-order chi connectivity index (χ1) is 15.0. The van der Waals surface area contributed by atoms with E-state index >= 15 is 0 Å². The highest BCUT2D eigenvalue weighted by atomic mass is 35.5. The highest BCUT2D eigenvalue weighted by Gasteiger charge is 2.16. The average Bonchev–Trinajstić information content (AvgIpc) is 3.17. The maximum atomic E-state index is 12.7. The highest BCUT2D eigenvalue weighted by Crippen LogP contribution is 2.38. The molecule has 31 heavy (non-hydrogen) atoms. The molecule has 0 aliphatic carbocycles. The van der Waals surface area contributed by atoms with Crippen LogP contribution in [0.5, 0.6) is 17.2 Å². The molecule has 6 nitrogen and oxygen atoms in total. The Morgan fingerprint density at radius 1 is 1.10 bits per heavy atom. The van der Waals surface area contributed by atoms with Crippen molar-refractivity contribution < 1.29 is 19.0 Å². The van der Waals surface area contributed by atoms with Crippen LogP contribution in [-0.4, -0.2) is 39.1 Å². The number of aromatic nitrogens is 1. The van der Waals surface area contributed by atoms with E-state index in [0.29, 0.717) is 39.4 Å². The predicted octanol–water partition coefficient (Wildman–Crippen LogP) is 5.35.